The predicted octanol–water partition coefficient (Wildman–Crippen LogP) is 5.14. The SMILES string of the molecule is COc1ccc(CC2c3c(OCc4ccccc4)ccc(OC)c3CCN2CC(=O)NCc2ccccn2)cc1OC. The largest absolute Gasteiger partial charge is 0.496 e. The van der Waals surface area contributed by atoms with E-state index in [1.54, 1.807) is 27.5 Å². The molecule has 1 unspecified atom stereocenters. The molecule has 42 heavy (non-hydrogen) atoms. The third-order valence-corrected chi connectivity index (χ3v) is 7.57. The normalized spacial score (nSPS) is 14.5. The third-order valence-electron chi connectivity index (χ3n) is 7.57. The van der Waals surface area contributed by atoms with Gasteiger partial charge in [0.2, 0.25) is 5.91 Å². The Morgan fingerprint density at radius 2 is 1.60 bits per heavy atom. The first-order valence-electron chi connectivity index (χ1n) is 14.1. The van der Waals surface area contributed by atoms with E-state index in [0.717, 1.165) is 45.9 Å². The van der Waals surface area contributed by atoms with Crippen molar-refractivity contribution in [1.29, 1.82) is 0 Å². The lowest BCUT2D eigenvalue weighted by Gasteiger charge is -2.38. The van der Waals surface area contributed by atoms with E-state index in [1.807, 2.05) is 66.7 Å². The number of amides is 1. The summed E-state index contributed by atoms with van der Waals surface area (Å²) in [5.41, 5.74) is 5.11. The minimum atomic E-state index is -0.145. The van der Waals surface area contributed by atoms with E-state index in [1.165, 1.54) is 0 Å². The third kappa shape index (κ3) is 6.83. The van der Waals surface area contributed by atoms with Crippen LogP contribution in [0, 0.1) is 0 Å². The van der Waals surface area contributed by atoms with E-state index in [-0.39, 0.29) is 18.5 Å². The van der Waals surface area contributed by atoms with Gasteiger partial charge in [-0.05, 0) is 60.4 Å². The first-order chi connectivity index (χ1) is 20.6. The maximum absolute atomic E-state index is 13.2. The van der Waals surface area contributed by atoms with Crippen molar-refractivity contribution < 1.29 is 23.7 Å². The summed E-state index contributed by atoms with van der Waals surface area (Å²) in [5, 5.41) is 3.04. The van der Waals surface area contributed by atoms with Gasteiger partial charge in [0.25, 0.3) is 0 Å². The van der Waals surface area contributed by atoms with Crippen LogP contribution in [0.2, 0.25) is 0 Å². The second-order valence-corrected chi connectivity index (χ2v) is 10.2. The first kappa shape index (κ1) is 29.0. The van der Waals surface area contributed by atoms with Crippen molar-refractivity contribution in [2.45, 2.75) is 32.0 Å². The van der Waals surface area contributed by atoms with Gasteiger partial charge in [-0.2, -0.15) is 0 Å². The predicted molar refractivity (Wildman–Crippen MR) is 161 cm³/mol. The molecule has 218 valence electrons. The van der Waals surface area contributed by atoms with Crippen LogP contribution in [0.5, 0.6) is 23.0 Å². The van der Waals surface area contributed by atoms with Gasteiger partial charge in [-0.3, -0.25) is 14.7 Å². The highest BCUT2D eigenvalue weighted by Gasteiger charge is 2.34. The molecule has 4 aromatic rings. The Labute approximate surface area is 247 Å². The molecule has 8 nitrogen and oxygen atoms in total. The summed E-state index contributed by atoms with van der Waals surface area (Å²) in [4.78, 5) is 19.8. The maximum atomic E-state index is 13.2. The van der Waals surface area contributed by atoms with Crippen molar-refractivity contribution >= 4 is 5.91 Å². The standard InChI is InChI=1S/C34H37N3O5/c1-39-29-14-15-31(42-23-24-9-5-4-6-10-24)34-27(29)16-18-37(22-33(38)36-21-26-11-7-8-17-35-26)28(34)19-25-12-13-30(40-2)32(20-25)41-3/h4-15,17,20,28H,16,18-19,21-23H2,1-3H3,(H,36,38). The first-order valence-corrected chi connectivity index (χ1v) is 14.1. The van der Waals surface area contributed by atoms with Crippen molar-refractivity contribution in [3.05, 3.63) is 113 Å². The minimum absolute atomic E-state index is 0.0592. The monoisotopic (exact) mass is 567 g/mol. The molecule has 8 heteroatoms. The highest BCUT2D eigenvalue weighted by Crippen LogP contribution is 2.43. The van der Waals surface area contributed by atoms with E-state index < -0.39 is 0 Å². The Bertz CT molecular complexity index is 1480. The molecule has 1 N–H and O–H groups in total. The molecular weight excluding hydrogens is 530 g/mol. The summed E-state index contributed by atoms with van der Waals surface area (Å²) < 4.78 is 23.3. The molecule has 0 aliphatic carbocycles. The van der Waals surface area contributed by atoms with Crippen molar-refractivity contribution in [1.82, 2.24) is 15.2 Å². The number of carbonyl (C=O) groups excluding carboxylic acids is 1. The number of benzene rings is 3. The van der Waals surface area contributed by atoms with Gasteiger partial charge in [-0.1, -0.05) is 42.5 Å². The average molecular weight is 568 g/mol. The smallest absolute Gasteiger partial charge is 0.234 e. The highest BCUT2D eigenvalue weighted by molar-refractivity contribution is 5.78. The number of methoxy groups -OCH3 is 3. The molecule has 2 heterocycles. The van der Waals surface area contributed by atoms with Gasteiger partial charge in [0, 0.05) is 29.9 Å². The van der Waals surface area contributed by atoms with Crippen LogP contribution in [0.1, 0.15) is 34.0 Å². The van der Waals surface area contributed by atoms with Crippen LogP contribution in [-0.2, 0) is 30.8 Å². The number of pyridine rings is 1. The summed E-state index contributed by atoms with van der Waals surface area (Å²) in [6.45, 7) is 1.75. The van der Waals surface area contributed by atoms with Crippen LogP contribution in [0.15, 0.2) is 85.1 Å². The molecule has 1 amide bonds. The Hall–Kier alpha value is -4.56. The van der Waals surface area contributed by atoms with Gasteiger partial charge in [-0.15, -0.1) is 0 Å². The number of hydrogen-bond acceptors (Lipinski definition) is 7. The van der Waals surface area contributed by atoms with Crippen LogP contribution < -0.4 is 24.3 Å². The molecule has 0 saturated heterocycles. The Morgan fingerprint density at radius 1 is 0.857 bits per heavy atom. The number of aromatic nitrogens is 1. The van der Waals surface area contributed by atoms with Crippen molar-refractivity contribution in [2.24, 2.45) is 0 Å². The molecular formula is C34H37N3O5. The van der Waals surface area contributed by atoms with Gasteiger partial charge in [0.05, 0.1) is 40.1 Å². The summed E-state index contributed by atoms with van der Waals surface area (Å²) in [5.74, 6) is 2.89. The highest BCUT2D eigenvalue weighted by atomic mass is 16.5. The molecule has 1 aliphatic heterocycles. The van der Waals surface area contributed by atoms with Crippen molar-refractivity contribution in [3.63, 3.8) is 0 Å². The van der Waals surface area contributed by atoms with E-state index in [4.69, 9.17) is 18.9 Å². The molecule has 0 fully saturated rings. The number of nitrogens with one attached hydrogen (secondary N) is 1. The number of carbonyl (C=O) groups is 1. The fraction of sp³-hybridized carbons (Fsp3) is 0.294. The Kier molecular flexibility index (Phi) is 9.56. The minimum Gasteiger partial charge on any atom is -0.496 e. The average Bonchev–Trinajstić information content (AvgIpc) is 3.04. The number of nitrogens with zero attached hydrogens (tertiary/aromatic N) is 2. The number of fused-ring (bicyclic) bond motifs is 1. The quantitative estimate of drug-likeness (QED) is 0.254. The van der Waals surface area contributed by atoms with Gasteiger partial charge < -0.3 is 24.3 Å². The summed E-state index contributed by atoms with van der Waals surface area (Å²) in [7, 11) is 4.96. The molecule has 1 aliphatic rings. The molecule has 0 saturated carbocycles. The number of hydrogen-bond donors (Lipinski definition) is 1. The van der Waals surface area contributed by atoms with Crippen molar-refractivity contribution in [2.75, 3.05) is 34.4 Å². The van der Waals surface area contributed by atoms with Crippen LogP contribution >= 0.6 is 0 Å². The van der Waals surface area contributed by atoms with Crippen LogP contribution in [0.3, 0.4) is 0 Å². The van der Waals surface area contributed by atoms with E-state index >= 15 is 0 Å². The molecule has 0 radical (unpaired) electrons. The zero-order valence-corrected chi connectivity index (χ0v) is 24.3. The fourth-order valence-corrected chi connectivity index (χ4v) is 5.48. The van der Waals surface area contributed by atoms with E-state index in [9.17, 15) is 4.79 Å². The summed E-state index contributed by atoms with van der Waals surface area (Å²) in [6, 6.07) is 25.6. The second kappa shape index (κ2) is 13.9. The molecule has 3 aromatic carbocycles. The Morgan fingerprint density at radius 3 is 2.33 bits per heavy atom. The lowest BCUT2D eigenvalue weighted by Crippen LogP contribution is -2.43. The van der Waals surface area contributed by atoms with Gasteiger partial charge in [0.1, 0.15) is 18.1 Å². The zero-order chi connectivity index (χ0) is 29.3. The molecule has 1 aromatic heterocycles. The Balaban J connectivity index is 1.47. The van der Waals surface area contributed by atoms with E-state index in [0.29, 0.717) is 37.6 Å². The number of ether oxygens (including phenoxy) is 4. The molecule has 1 atom stereocenters. The van der Waals surface area contributed by atoms with Crippen LogP contribution in [-0.4, -0.2) is 50.2 Å². The lowest BCUT2D eigenvalue weighted by atomic mass is 9.87. The summed E-state index contributed by atoms with van der Waals surface area (Å²) >= 11 is 0. The molecule has 5 rings (SSSR count). The molecule has 0 bridgehead atoms. The molecule has 0 spiro atoms. The van der Waals surface area contributed by atoms with Crippen LogP contribution in [0.4, 0.5) is 0 Å². The fourth-order valence-electron chi connectivity index (χ4n) is 5.48. The second-order valence-electron chi connectivity index (χ2n) is 10.2. The zero-order valence-electron chi connectivity index (χ0n) is 24.3. The van der Waals surface area contributed by atoms with Gasteiger partial charge >= 0.3 is 0 Å². The van der Waals surface area contributed by atoms with Gasteiger partial charge in [0.15, 0.2) is 11.5 Å². The topological polar surface area (TPSA) is 82.2 Å². The van der Waals surface area contributed by atoms with E-state index in [2.05, 4.69) is 27.3 Å². The number of rotatable bonds is 12. The van der Waals surface area contributed by atoms with Gasteiger partial charge in [-0.25, -0.2) is 0 Å². The summed E-state index contributed by atoms with van der Waals surface area (Å²) in [6.07, 6.45) is 3.10. The van der Waals surface area contributed by atoms with Crippen molar-refractivity contribution in [3.8, 4) is 23.0 Å². The lowest BCUT2D eigenvalue weighted by molar-refractivity contribution is -0.123. The van der Waals surface area contributed by atoms with Crippen LogP contribution in [0.25, 0.3) is 0 Å². The maximum Gasteiger partial charge on any atom is 0.234 e.